The summed E-state index contributed by atoms with van der Waals surface area (Å²) in [6, 6.07) is 7.28. The van der Waals surface area contributed by atoms with E-state index >= 15 is 0 Å². The summed E-state index contributed by atoms with van der Waals surface area (Å²) in [4.78, 5) is 12.2. The fourth-order valence-electron chi connectivity index (χ4n) is 2.32. The van der Waals surface area contributed by atoms with Crippen molar-refractivity contribution in [3.63, 3.8) is 0 Å². The lowest BCUT2D eigenvalue weighted by atomic mass is 10.1. The van der Waals surface area contributed by atoms with Crippen LogP contribution in [0.5, 0.6) is 0 Å². The lowest BCUT2D eigenvalue weighted by molar-refractivity contribution is -0.120. The SMILES string of the molecule is CC(NC(=O)CN(c1ccc(F)cc1F)S(C)(=O)=O)c1ccc(F)cc1. The van der Waals surface area contributed by atoms with Crippen molar-refractivity contribution in [2.75, 3.05) is 17.1 Å². The average molecular weight is 386 g/mol. The van der Waals surface area contributed by atoms with Crippen LogP contribution in [0.25, 0.3) is 0 Å². The number of benzene rings is 2. The van der Waals surface area contributed by atoms with E-state index in [4.69, 9.17) is 0 Å². The number of nitrogens with one attached hydrogen (secondary N) is 1. The largest absolute Gasteiger partial charge is 0.348 e. The van der Waals surface area contributed by atoms with E-state index in [9.17, 15) is 26.4 Å². The Hall–Kier alpha value is -2.55. The van der Waals surface area contributed by atoms with Crippen molar-refractivity contribution in [3.05, 3.63) is 65.5 Å². The minimum Gasteiger partial charge on any atom is -0.348 e. The van der Waals surface area contributed by atoms with Gasteiger partial charge in [0.1, 0.15) is 24.0 Å². The molecule has 0 bridgehead atoms. The Kier molecular flexibility index (Phi) is 5.91. The van der Waals surface area contributed by atoms with Gasteiger partial charge >= 0.3 is 0 Å². The van der Waals surface area contributed by atoms with Gasteiger partial charge in [-0.2, -0.15) is 0 Å². The summed E-state index contributed by atoms with van der Waals surface area (Å²) < 4.78 is 64.4. The van der Waals surface area contributed by atoms with Gasteiger partial charge in [-0.15, -0.1) is 0 Å². The number of hydrogen-bond donors (Lipinski definition) is 1. The molecule has 2 aromatic carbocycles. The van der Waals surface area contributed by atoms with Crippen molar-refractivity contribution >= 4 is 21.6 Å². The number of rotatable bonds is 6. The molecule has 0 aliphatic heterocycles. The van der Waals surface area contributed by atoms with Crippen LogP contribution < -0.4 is 9.62 Å². The number of amides is 1. The number of carbonyl (C=O) groups excluding carboxylic acids is 1. The zero-order valence-corrected chi connectivity index (χ0v) is 14.9. The van der Waals surface area contributed by atoms with E-state index in [0.29, 0.717) is 15.9 Å². The molecule has 140 valence electrons. The second-order valence-corrected chi connectivity index (χ2v) is 7.61. The van der Waals surface area contributed by atoms with Gasteiger partial charge in [-0.1, -0.05) is 12.1 Å². The molecule has 0 radical (unpaired) electrons. The van der Waals surface area contributed by atoms with E-state index in [1.807, 2.05) is 0 Å². The van der Waals surface area contributed by atoms with Crippen molar-refractivity contribution in [2.45, 2.75) is 13.0 Å². The maximum absolute atomic E-state index is 13.9. The Morgan fingerprint density at radius 3 is 2.19 bits per heavy atom. The van der Waals surface area contributed by atoms with Gasteiger partial charge in [-0.25, -0.2) is 21.6 Å². The fourth-order valence-corrected chi connectivity index (χ4v) is 3.17. The number of hydrogen-bond acceptors (Lipinski definition) is 3. The van der Waals surface area contributed by atoms with Crippen LogP contribution in [-0.4, -0.2) is 27.1 Å². The molecule has 0 aromatic heterocycles. The Morgan fingerprint density at radius 2 is 1.65 bits per heavy atom. The lowest BCUT2D eigenvalue weighted by Crippen LogP contribution is -2.41. The molecular weight excluding hydrogens is 369 g/mol. The maximum atomic E-state index is 13.9. The fraction of sp³-hybridized carbons (Fsp3) is 0.235. The molecule has 0 spiro atoms. The second-order valence-electron chi connectivity index (χ2n) is 5.71. The molecule has 0 aliphatic carbocycles. The highest BCUT2D eigenvalue weighted by Gasteiger charge is 2.24. The van der Waals surface area contributed by atoms with Crippen molar-refractivity contribution < 1.29 is 26.4 Å². The summed E-state index contributed by atoms with van der Waals surface area (Å²) >= 11 is 0. The molecule has 1 amide bonds. The Balaban J connectivity index is 2.18. The lowest BCUT2D eigenvalue weighted by Gasteiger charge is -2.23. The molecular formula is C17H17F3N2O3S. The van der Waals surface area contributed by atoms with Gasteiger partial charge in [-0.3, -0.25) is 9.10 Å². The molecule has 0 fully saturated rings. The number of nitrogens with zero attached hydrogens (tertiary/aromatic N) is 1. The van der Waals surface area contributed by atoms with E-state index in [0.717, 1.165) is 18.4 Å². The molecule has 2 rings (SSSR count). The van der Waals surface area contributed by atoms with Gasteiger partial charge < -0.3 is 5.32 Å². The van der Waals surface area contributed by atoms with Gasteiger partial charge in [0, 0.05) is 6.07 Å². The van der Waals surface area contributed by atoms with Crippen LogP contribution in [0, 0.1) is 17.5 Å². The van der Waals surface area contributed by atoms with Gasteiger partial charge in [0.25, 0.3) is 0 Å². The van der Waals surface area contributed by atoms with Crippen molar-refractivity contribution in [1.82, 2.24) is 5.32 Å². The van der Waals surface area contributed by atoms with E-state index in [2.05, 4.69) is 5.32 Å². The average Bonchev–Trinajstić information content (AvgIpc) is 2.53. The third-order valence-corrected chi connectivity index (χ3v) is 4.74. The Bertz CT molecular complexity index is 902. The molecule has 9 heteroatoms. The van der Waals surface area contributed by atoms with Crippen LogP contribution in [0.15, 0.2) is 42.5 Å². The van der Waals surface area contributed by atoms with Crippen molar-refractivity contribution in [3.8, 4) is 0 Å². The highest BCUT2D eigenvalue weighted by Crippen LogP contribution is 2.22. The third-order valence-electron chi connectivity index (χ3n) is 3.61. The molecule has 0 heterocycles. The highest BCUT2D eigenvalue weighted by molar-refractivity contribution is 7.92. The monoisotopic (exact) mass is 386 g/mol. The molecule has 5 nitrogen and oxygen atoms in total. The minimum absolute atomic E-state index is 0.428. The van der Waals surface area contributed by atoms with Gasteiger partial charge in [0.15, 0.2) is 0 Å². The Labute approximate surface area is 149 Å². The van der Waals surface area contributed by atoms with E-state index in [-0.39, 0.29) is 0 Å². The van der Waals surface area contributed by atoms with Gasteiger partial charge in [0.05, 0.1) is 18.0 Å². The molecule has 2 aromatic rings. The summed E-state index contributed by atoms with van der Waals surface area (Å²) in [5.74, 6) is -3.10. The zero-order chi connectivity index (χ0) is 19.5. The molecule has 26 heavy (non-hydrogen) atoms. The van der Waals surface area contributed by atoms with Crippen LogP contribution in [0.4, 0.5) is 18.9 Å². The second kappa shape index (κ2) is 7.77. The first-order chi connectivity index (χ1) is 12.1. The quantitative estimate of drug-likeness (QED) is 0.830. The molecule has 0 saturated heterocycles. The predicted octanol–water partition coefficient (Wildman–Crippen LogP) is 2.75. The van der Waals surface area contributed by atoms with Crippen LogP contribution >= 0.6 is 0 Å². The van der Waals surface area contributed by atoms with E-state index in [1.54, 1.807) is 6.92 Å². The topological polar surface area (TPSA) is 66.5 Å². The van der Waals surface area contributed by atoms with Gasteiger partial charge in [-0.05, 0) is 36.8 Å². The predicted molar refractivity (Wildman–Crippen MR) is 91.5 cm³/mol. The first kappa shape index (κ1) is 19.8. The number of carbonyl (C=O) groups is 1. The van der Waals surface area contributed by atoms with Gasteiger partial charge in [0.2, 0.25) is 15.9 Å². The highest BCUT2D eigenvalue weighted by atomic mass is 32.2. The minimum atomic E-state index is -3.99. The smallest absolute Gasteiger partial charge is 0.241 e. The van der Waals surface area contributed by atoms with Crippen LogP contribution in [-0.2, 0) is 14.8 Å². The molecule has 1 N–H and O–H groups in total. The summed E-state index contributed by atoms with van der Waals surface area (Å²) in [6.45, 7) is 0.946. The third kappa shape index (κ3) is 4.98. The summed E-state index contributed by atoms with van der Waals surface area (Å²) in [6.07, 6.45) is 0.812. The summed E-state index contributed by atoms with van der Waals surface area (Å²) in [7, 11) is -3.99. The summed E-state index contributed by atoms with van der Waals surface area (Å²) in [5.41, 5.74) is 0.178. The number of sulfonamides is 1. The van der Waals surface area contributed by atoms with Crippen molar-refractivity contribution in [1.29, 1.82) is 0 Å². The molecule has 0 saturated carbocycles. The zero-order valence-electron chi connectivity index (χ0n) is 14.0. The molecule has 1 atom stereocenters. The molecule has 0 aliphatic rings. The van der Waals surface area contributed by atoms with Crippen LogP contribution in [0.2, 0.25) is 0 Å². The first-order valence-corrected chi connectivity index (χ1v) is 9.40. The normalized spacial score (nSPS) is 12.5. The number of anilines is 1. The van der Waals surface area contributed by atoms with E-state index in [1.165, 1.54) is 24.3 Å². The number of halogens is 3. The first-order valence-electron chi connectivity index (χ1n) is 7.55. The standard InChI is InChI=1S/C17H17F3N2O3S/c1-11(12-3-5-13(18)6-4-12)21-17(23)10-22(26(2,24)25)16-8-7-14(19)9-15(16)20/h3-9,11H,10H2,1-2H3,(H,21,23). The van der Waals surface area contributed by atoms with Crippen molar-refractivity contribution in [2.24, 2.45) is 0 Å². The van der Waals surface area contributed by atoms with Crippen LogP contribution in [0.3, 0.4) is 0 Å². The Morgan fingerprint density at radius 1 is 1.08 bits per heavy atom. The van der Waals surface area contributed by atoms with E-state index < -0.39 is 51.7 Å². The maximum Gasteiger partial charge on any atom is 0.241 e. The molecule has 1 unspecified atom stereocenters. The summed E-state index contributed by atoms with van der Waals surface area (Å²) in [5, 5.41) is 2.55. The van der Waals surface area contributed by atoms with Crippen LogP contribution in [0.1, 0.15) is 18.5 Å².